The van der Waals surface area contributed by atoms with E-state index in [0.717, 1.165) is 22.6 Å². The Kier molecular flexibility index (Phi) is 2.52. The van der Waals surface area contributed by atoms with E-state index < -0.39 is 0 Å². The van der Waals surface area contributed by atoms with Crippen molar-refractivity contribution in [1.82, 2.24) is 14.6 Å². The minimum Gasteiger partial charge on any atom is -0.227 e. The molecule has 0 aliphatic carbocycles. The first-order valence-corrected chi connectivity index (χ1v) is 5.81. The highest BCUT2D eigenvalue weighted by molar-refractivity contribution is 6.29. The van der Waals surface area contributed by atoms with Gasteiger partial charge in [0, 0.05) is 5.56 Å². The van der Waals surface area contributed by atoms with Gasteiger partial charge in [0.25, 0.3) is 0 Å². The molecule has 0 atom stereocenters. The number of aryl methyl sites for hydroxylation is 1. The molecule has 0 unspecified atom stereocenters. The Hall–Kier alpha value is -1.94. The third-order valence-corrected chi connectivity index (χ3v) is 2.99. The van der Waals surface area contributed by atoms with E-state index in [1.54, 1.807) is 28.8 Å². The van der Waals surface area contributed by atoms with E-state index in [4.69, 9.17) is 11.6 Å². The van der Waals surface area contributed by atoms with Gasteiger partial charge in [-0.15, -0.1) is 0 Å². The Morgan fingerprint density at radius 2 is 1.83 bits per heavy atom. The summed E-state index contributed by atoms with van der Waals surface area (Å²) in [5.41, 5.74) is 3.23. The minimum absolute atomic E-state index is 0.263. The van der Waals surface area contributed by atoms with Gasteiger partial charge in [0.05, 0.1) is 11.4 Å². The summed E-state index contributed by atoms with van der Waals surface area (Å²) in [7, 11) is 0. The van der Waals surface area contributed by atoms with Crippen molar-refractivity contribution in [2.75, 3.05) is 0 Å². The van der Waals surface area contributed by atoms with Gasteiger partial charge in [0.15, 0.2) is 5.65 Å². The lowest BCUT2D eigenvalue weighted by molar-refractivity contribution is 0.628. The molecule has 0 amide bonds. The van der Waals surface area contributed by atoms with Crippen LogP contribution >= 0.6 is 11.6 Å². The Morgan fingerprint density at radius 1 is 1.11 bits per heavy atom. The van der Waals surface area contributed by atoms with Crippen molar-refractivity contribution in [1.29, 1.82) is 0 Å². The average molecular weight is 262 g/mol. The molecule has 3 aromatic rings. The lowest BCUT2D eigenvalue weighted by atomic mass is 10.1. The minimum atomic E-state index is -0.263. The topological polar surface area (TPSA) is 30.2 Å². The summed E-state index contributed by atoms with van der Waals surface area (Å²) in [6.07, 6.45) is 0. The smallest absolute Gasteiger partial charge is 0.154 e. The van der Waals surface area contributed by atoms with Crippen molar-refractivity contribution in [3.8, 4) is 11.3 Å². The summed E-state index contributed by atoms with van der Waals surface area (Å²) >= 11 is 5.86. The molecular formula is C13H9ClFN3. The van der Waals surface area contributed by atoms with Gasteiger partial charge in [-0.25, -0.2) is 13.9 Å². The first-order chi connectivity index (χ1) is 8.65. The lowest BCUT2D eigenvalue weighted by Gasteiger charge is -1.98. The maximum Gasteiger partial charge on any atom is 0.154 e. The van der Waals surface area contributed by atoms with Crippen molar-refractivity contribution >= 4 is 17.2 Å². The van der Waals surface area contributed by atoms with E-state index in [1.807, 2.05) is 6.92 Å². The zero-order valence-corrected chi connectivity index (χ0v) is 10.3. The van der Waals surface area contributed by atoms with E-state index in [2.05, 4.69) is 10.1 Å². The number of hydrogen-bond donors (Lipinski definition) is 0. The van der Waals surface area contributed by atoms with E-state index in [9.17, 15) is 4.39 Å². The van der Waals surface area contributed by atoms with E-state index in [1.165, 1.54) is 12.1 Å². The molecule has 3 nitrogen and oxygen atoms in total. The molecule has 0 bridgehead atoms. The van der Waals surface area contributed by atoms with Crippen LogP contribution < -0.4 is 0 Å². The lowest BCUT2D eigenvalue weighted by Crippen LogP contribution is -1.93. The molecule has 2 aromatic heterocycles. The summed E-state index contributed by atoms with van der Waals surface area (Å²) in [4.78, 5) is 4.47. The van der Waals surface area contributed by atoms with Crippen LogP contribution in [0, 0.1) is 12.7 Å². The van der Waals surface area contributed by atoms with Crippen LogP contribution in [0.15, 0.2) is 36.4 Å². The number of imidazole rings is 1. The van der Waals surface area contributed by atoms with Crippen LogP contribution in [0.4, 0.5) is 4.39 Å². The van der Waals surface area contributed by atoms with Crippen molar-refractivity contribution in [2.45, 2.75) is 6.92 Å². The van der Waals surface area contributed by atoms with Crippen LogP contribution in [0.1, 0.15) is 5.69 Å². The summed E-state index contributed by atoms with van der Waals surface area (Å²) in [6, 6.07) is 9.73. The SMILES string of the molecule is Cc1c(-c2ccc(F)cc2)nc2ccc(Cl)nn12. The number of nitrogens with zero attached hydrogens (tertiary/aromatic N) is 3. The van der Waals surface area contributed by atoms with Crippen molar-refractivity contribution in [3.63, 3.8) is 0 Å². The van der Waals surface area contributed by atoms with Gasteiger partial charge < -0.3 is 0 Å². The van der Waals surface area contributed by atoms with Crippen LogP contribution in [-0.2, 0) is 0 Å². The van der Waals surface area contributed by atoms with E-state index in [-0.39, 0.29) is 5.82 Å². The average Bonchev–Trinajstić information content (AvgIpc) is 2.68. The fourth-order valence-corrected chi connectivity index (χ4v) is 2.04. The number of aromatic nitrogens is 3. The molecule has 0 radical (unpaired) electrons. The largest absolute Gasteiger partial charge is 0.227 e. The molecule has 3 rings (SSSR count). The number of rotatable bonds is 1. The fraction of sp³-hybridized carbons (Fsp3) is 0.0769. The van der Waals surface area contributed by atoms with Gasteiger partial charge in [-0.2, -0.15) is 5.10 Å². The highest BCUT2D eigenvalue weighted by Crippen LogP contribution is 2.23. The Morgan fingerprint density at radius 3 is 2.56 bits per heavy atom. The molecule has 5 heteroatoms. The van der Waals surface area contributed by atoms with Gasteiger partial charge in [-0.05, 0) is 43.3 Å². The van der Waals surface area contributed by atoms with Crippen molar-refractivity contribution in [2.24, 2.45) is 0 Å². The highest BCUT2D eigenvalue weighted by atomic mass is 35.5. The molecule has 0 spiro atoms. The molecular weight excluding hydrogens is 253 g/mol. The molecule has 0 saturated heterocycles. The van der Waals surface area contributed by atoms with E-state index >= 15 is 0 Å². The molecule has 1 aromatic carbocycles. The first kappa shape index (κ1) is 11.2. The molecule has 18 heavy (non-hydrogen) atoms. The maximum atomic E-state index is 12.9. The van der Waals surface area contributed by atoms with Gasteiger partial charge in [0.1, 0.15) is 11.0 Å². The summed E-state index contributed by atoms with van der Waals surface area (Å²) in [5.74, 6) is -0.263. The quantitative estimate of drug-likeness (QED) is 0.671. The van der Waals surface area contributed by atoms with Crippen LogP contribution in [-0.4, -0.2) is 14.6 Å². The maximum absolute atomic E-state index is 12.9. The highest BCUT2D eigenvalue weighted by Gasteiger charge is 2.11. The monoisotopic (exact) mass is 261 g/mol. The van der Waals surface area contributed by atoms with Crippen molar-refractivity contribution in [3.05, 3.63) is 53.1 Å². The molecule has 0 fully saturated rings. The zero-order chi connectivity index (χ0) is 12.7. The third kappa shape index (κ3) is 1.75. The number of halogens is 2. The summed E-state index contributed by atoms with van der Waals surface area (Å²) in [5, 5.41) is 4.60. The Balaban J connectivity index is 2.23. The molecule has 0 aliphatic rings. The van der Waals surface area contributed by atoms with Gasteiger partial charge >= 0.3 is 0 Å². The predicted molar refractivity (Wildman–Crippen MR) is 68.1 cm³/mol. The van der Waals surface area contributed by atoms with Crippen molar-refractivity contribution < 1.29 is 4.39 Å². The van der Waals surface area contributed by atoms with Gasteiger partial charge in [-0.3, -0.25) is 0 Å². The summed E-state index contributed by atoms with van der Waals surface area (Å²) < 4.78 is 14.6. The molecule has 0 N–H and O–H groups in total. The number of fused-ring (bicyclic) bond motifs is 1. The van der Waals surface area contributed by atoms with Crippen LogP contribution in [0.5, 0.6) is 0 Å². The first-order valence-electron chi connectivity index (χ1n) is 5.43. The van der Waals surface area contributed by atoms with Gasteiger partial charge in [0.2, 0.25) is 0 Å². The fourth-order valence-electron chi connectivity index (χ4n) is 1.90. The molecule has 0 aliphatic heterocycles. The summed E-state index contributed by atoms with van der Waals surface area (Å²) in [6.45, 7) is 1.90. The molecule has 90 valence electrons. The number of hydrogen-bond acceptors (Lipinski definition) is 2. The predicted octanol–water partition coefficient (Wildman–Crippen LogP) is 3.50. The standard InChI is InChI=1S/C13H9ClFN3/c1-8-13(9-2-4-10(15)5-3-9)16-12-7-6-11(14)17-18(8)12/h2-7H,1H3. The number of benzene rings is 1. The normalized spacial score (nSPS) is 11.1. The second kappa shape index (κ2) is 4.07. The Labute approximate surface area is 108 Å². The van der Waals surface area contributed by atoms with Crippen LogP contribution in [0.2, 0.25) is 5.15 Å². The third-order valence-electron chi connectivity index (χ3n) is 2.79. The van der Waals surface area contributed by atoms with Gasteiger partial charge in [-0.1, -0.05) is 11.6 Å². The second-order valence-corrected chi connectivity index (χ2v) is 4.37. The second-order valence-electron chi connectivity index (χ2n) is 3.98. The Bertz CT molecular complexity index is 719. The van der Waals surface area contributed by atoms with Crippen LogP contribution in [0.3, 0.4) is 0 Å². The molecule has 0 saturated carbocycles. The zero-order valence-electron chi connectivity index (χ0n) is 9.56. The molecule has 2 heterocycles. The van der Waals surface area contributed by atoms with Crippen LogP contribution in [0.25, 0.3) is 16.9 Å². The van der Waals surface area contributed by atoms with E-state index in [0.29, 0.717) is 5.15 Å².